The van der Waals surface area contributed by atoms with Gasteiger partial charge in [0.2, 0.25) is 0 Å². The predicted octanol–water partition coefficient (Wildman–Crippen LogP) is 17.4. The Hall–Kier alpha value is -7.13. The second kappa shape index (κ2) is 19.9. The molecule has 2 aromatic heterocycles. The van der Waals surface area contributed by atoms with Gasteiger partial charge in [0, 0.05) is 68.9 Å². The molecule has 0 spiro atoms. The minimum atomic E-state index is -4.14. The summed E-state index contributed by atoms with van der Waals surface area (Å²) < 4.78 is 160. The predicted molar refractivity (Wildman–Crippen MR) is 293 cm³/mol. The van der Waals surface area contributed by atoms with Gasteiger partial charge in [0.25, 0.3) is 0 Å². The summed E-state index contributed by atoms with van der Waals surface area (Å²) in [7, 11) is 0. The van der Waals surface area contributed by atoms with E-state index in [0.29, 0.717) is 40.6 Å². The van der Waals surface area contributed by atoms with Gasteiger partial charge >= 0.3 is 0 Å². The molecule has 1 N–H and O–H groups in total. The molecule has 4 nitrogen and oxygen atoms in total. The fourth-order valence-corrected chi connectivity index (χ4v) is 9.19. The maximum atomic E-state index is 13.1. The van der Waals surface area contributed by atoms with Crippen LogP contribution in [-0.2, 0) is 38.3 Å². The van der Waals surface area contributed by atoms with Gasteiger partial charge in [-0.3, -0.25) is 9.55 Å². The number of phenols is 1. The quantitative estimate of drug-likeness (QED) is 0.139. The smallest absolute Gasteiger partial charge is 0.148 e. The third kappa shape index (κ3) is 10.1. The fourth-order valence-electron chi connectivity index (χ4n) is 9.19. The number of phenolic OH excluding ortho intramolecular Hbond substituents is 1. The maximum absolute atomic E-state index is 13.1. The number of aromatic nitrogens is 3. The van der Waals surface area contributed by atoms with E-state index in [1.54, 1.807) is 30.5 Å². The number of fused-ring (bicyclic) bond motifs is 1. The Kier molecular flexibility index (Phi) is 8.78. The van der Waals surface area contributed by atoms with Crippen molar-refractivity contribution in [3.05, 3.63) is 217 Å². The Labute approximate surface area is 459 Å². The SMILES string of the molecule is [2H]C([2H])([2H])C(c1cc(-c2nc3c(-c4[c-]c(-c5cc(-c6ccc(-c7ccccc7)cc6)ccn5)cc(-c5ccccc5)c4)cccc3n2-c2ccc(-c3ccccc3)c(CC(C)C)c2)c(O)c(C(C([2H])([2H])[2H])(C([2H])([2H])[2H])C([2H])([2H])[2H])c1)(C([2H])([2H])[2H])C([2H])([2H])[2H].[Pt]. The summed E-state index contributed by atoms with van der Waals surface area (Å²) in [5, 5.41) is 13.1. The van der Waals surface area contributed by atoms with E-state index in [1.807, 2.05) is 166 Å². The van der Waals surface area contributed by atoms with Crippen molar-refractivity contribution in [3.63, 3.8) is 0 Å². The largest absolute Gasteiger partial charge is 0.507 e. The first kappa shape index (κ1) is 31.3. The number of nitrogens with zero attached hydrogens (tertiary/aromatic N) is 3. The second-order valence-electron chi connectivity index (χ2n) is 18.1. The molecule has 0 amide bonds. The van der Waals surface area contributed by atoms with Crippen LogP contribution in [0.1, 0.15) is 96.3 Å². The average molecular weight is 1120 g/mol. The number of para-hydroxylation sites is 1. The molecule has 0 bridgehead atoms. The zero-order valence-electron chi connectivity index (χ0n) is 56.9. The summed E-state index contributed by atoms with van der Waals surface area (Å²) in [6.45, 7) is -20.5. The minimum Gasteiger partial charge on any atom is -0.507 e. The third-order valence-electron chi connectivity index (χ3n) is 12.6. The van der Waals surface area contributed by atoms with Crippen LogP contribution < -0.4 is 0 Å². The van der Waals surface area contributed by atoms with Crippen LogP contribution in [0.3, 0.4) is 0 Å². The Bertz CT molecular complexity index is 4120. The average Bonchev–Trinajstić information content (AvgIpc) is 0.976. The first-order valence-corrected chi connectivity index (χ1v) is 23.0. The van der Waals surface area contributed by atoms with E-state index in [1.165, 1.54) is 4.57 Å². The Balaban J connectivity index is 0.00000941. The Morgan fingerprint density at radius 1 is 0.549 bits per heavy atom. The van der Waals surface area contributed by atoms with Gasteiger partial charge in [-0.1, -0.05) is 217 Å². The molecule has 0 unspecified atom stereocenters. The van der Waals surface area contributed by atoms with Crippen molar-refractivity contribution in [1.29, 1.82) is 0 Å². The number of benzene rings is 8. The molecule has 0 saturated heterocycles. The molecule has 2 heterocycles. The van der Waals surface area contributed by atoms with E-state index in [-0.39, 0.29) is 38.0 Å². The molecule has 10 rings (SSSR count). The summed E-state index contributed by atoms with van der Waals surface area (Å²) in [6, 6.07) is 60.2. The molecule has 0 aliphatic carbocycles. The van der Waals surface area contributed by atoms with Crippen molar-refractivity contribution < 1.29 is 50.8 Å². The normalized spacial score (nSPS) is 16.6. The molecule has 0 atom stereocenters. The second-order valence-corrected chi connectivity index (χ2v) is 18.1. The van der Waals surface area contributed by atoms with Crippen LogP contribution in [0.15, 0.2) is 194 Å². The zero-order chi connectivity index (χ0) is 63.7. The van der Waals surface area contributed by atoms with Gasteiger partial charge in [0.05, 0.1) is 16.6 Å². The molecular weight excluding hydrogens is 1050 g/mol. The van der Waals surface area contributed by atoms with Crippen LogP contribution in [-0.4, -0.2) is 19.6 Å². The van der Waals surface area contributed by atoms with Gasteiger partial charge in [0.1, 0.15) is 11.6 Å². The van der Waals surface area contributed by atoms with Gasteiger partial charge in [-0.25, -0.2) is 4.98 Å². The molecule has 5 heteroatoms. The van der Waals surface area contributed by atoms with Crippen molar-refractivity contribution in [2.45, 2.75) is 72.2 Å². The number of hydrogen-bond donors (Lipinski definition) is 1. The van der Waals surface area contributed by atoms with Gasteiger partial charge in [-0.15, -0.1) is 23.8 Å². The standard InChI is InChI=1S/C66H60N3O.Pt/c1-43(2)35-51-39-55(31-32-56(51)48-23-16-11-17-24-48)69-61-26-18-25-57(62(61)68-64(69)58-41-54(65(3,4)5)42-59(63(58)70)66(6,7)8)52-36-50(45-21-14-10-15-22-45)37-53(38-52)60-40-49(33-34-67-60)47-29-27-46(28-30-47)44-19-12-9-13-20-44;/h9-34,36-37,39-43,70H,35H2,1-8H3;/q-1;/i3D3,4D3,5D3,6D3,7D3,8D3;. The molecule has 71 heavy (non-hydrogen) atoms. The van der Waals surface area contributed by atoms with E-state index in [2.05, 4.69) is 6.07 Å². The van der Waals surface area contributed by atoms with Crippen molar-refractivity contribution in [2.24, 2.45) is 5.92 Å². The molecule has 356 valence electrons. The first-order chi connectivity index (χ1) is 41.2. The topological polar surface area (TPSA) is 50.9 Å². The zero-order valence-corrected chi connectivity index (χ0v) is 41.1. The molecular formula is C66H60N3OPt-. The van der Waals surface area contributed by atoms with E-state index in [0.717, 1.165) is 56.1 Å². The van der Waals surface area contributed by atoms with Crippen LogP contribution in [0, 0.1) is 12.0 Å². The number of hydrogen-bond acceptors (Lipinski definition) is 3. The summed E-state index contributed by atoms with van der Waals surface area (Å²) >= 11 is 0. The molecule has 0 radical (unpaired) electrons. The van der Waals surface area contributed by atoms with Crippen LogP contribution in [0.5, 0.6) is 5.75 Å². The Morgan fingerprint density at radius 3 is 1.80 bits per heavy atom. The van der Waals surface area contributed by atoms with Crippen LogP contribution in [0.2, 0.25) is 0 Å². The minimum absolute atomic E-state index is 0. The van der Waals surface area contributed by atoms with Crippen molar-refractivity contribution in [2.75, 3.05) is 0 Å². The number of pyridine rings is 1. The number of aromatic hydroxyl groups is 1. The first-order valence-electron chi connectivity index (χ1n) is 32.0. The van der Waals surface area contributed by atoms with E-state index >= 15 is 0 Å². The van der Waals surface area contributed by atoms with E-state index in [9.17, 15) is 5.11 Å². The molecule has 0 fully saturated rings. The van der Waals surface area contributed by atoms with Crippen LogP contribution >= 0.6 is 0 Å². The summed E-state index contributed by atoms with van der Waals surface area (Å²) in [4.78, 5) is 10.0. The monoisotopic (exact) mass is 1120 g/mol. The van der Waals surface area contributed by atoms with Crippen molar-refractivity contribution >= 4 is 11.0 Å². The van der Waals surface area contributed by atoms with Crippen molar-refractivity contribution in [1.82, 2.24) is 14.5 Å². The van der Waals surface area contributed by atoms with E-state index < -0.39 is 80.2 Å². The van der Waals surface area contributed by atoms with Crippen molar-refractivity contribution in [3.8, 4) is 89.7 Å². The maximum Gasteiger partial charge on any atom is 0.148 e. The molecule has 8 aromatic carbocycles. The van der Waals surface area contributed by atoms with Crippen LogP contribution in [0.4, 0.5) is 0 Å². The molecule has 0 aliphatic rings. The number of imidazole rings is 1. The molecule has 0 saturated carbocycles. The summed E-state index contributed by atoms with van der Waals surface area (Å²) in [6.07, 6.45) is 2.21. The third-order valence-corrected chi connectivity index (χ3v) is 12.6. The van der Waals surface area contributed by atoms with Gasteiger partial charge in [0.15, 0.2) is 0 Å². The molecule has 10 aromatic rings. The molecule has 0 aliphatic heterocycles. The summed E-state index contributed by atoms with van der Waals surface area (Å²) in [5.41, 5.74) is -0.956. The van der Waals surface area contributed by atoms with Crippen LogP contribution in [0.25, 0.3) is 95.0 Å². The fraction of sp³-hybridized carbons (Fsp3) is 0.182. The Morgan fingerprint density at radius 2 is 1.15 bits per heavy atom. The summed E-state index contributed by atoms with van der Waals surface area (Å²) in [5.74, 6) is -1.70. The van der Waals surface area contributed by atoms with Gasteiger partial charge in [-0.05, 0) is 104 Å². The van der Waals surface area contributed by atoms with Gasteiger partial charge < -0.3 is 5.11 Å². The number of rotatable bonds is 10. The van der Waals surface area contributed by atoms with E-state index in [4.69, 9.17) is 34.6 Å². The van der Waals surface area contributed by atoms with Gasteiger partial charge in [-0.2, -0.15) is 0 Å².